The predicted octanol–water partition coefficient (Wildman–Crippen LogP) is 5.27. The molecule has 0 unspecified atom stereocenters. The van der Waals surface area contributed by atoms with Crippen LogP contribution < -0.4 is 5.32 Å². The van der Waals surface area contributed by atoms with Crippen molar-refractivity contribution in [2.75, 3.05) is 0 Å². The summed E-state index contributed by atoms with van der Waals surface area (Å²) in [5.74, 6) is -0.710. The van der Waals surface area contributed by atoms with Gasteiger partial charge in [0.05, 0.1) is 10.7 Å². The van der Waals surface area contributed by atoms with Crippen molar-refractivity contribution in [3.8, 4) is 11.3 Å². The molecule has 8 heteroatoms. The van der Waals surface area contributed by atoms with Crippen LogP contribution in [0.5, 0.6) is 0 Å². The smallest absolute Gasteiger partial charge is 0.251 e. The van der Waals surface area contributed by atoms with Gasteiger partial charge in [-0.15, -0.1) is 0 Å². The number of halogens is 2. The minimum absolute atomic E-state index is 0.0476. The van der Waals surface area contributed by atoms with E-state index in [1.165, 1.54) is 6.07 Å². The normalized spacial score (nSPS) is 11.1. The second-order valence-corrected chi connectivity index (χ2v) is 8.10. The Morgan fingerprint density at radius 3 is 2.85 bits per heavy atom. The zero-order valence-corrected chi connectivity index (χ0v) is 18.2. The molecule has 5 rings (SSSR count). The fourth-order valence-corrected chi connectivity index (χ4v) is 3.97. The third kappa shape index (κ3) is 4.49. The van der Waals surface area contributed by atoms with Crippen molar-refractivity contribution in [2.24, 2.45) is 0 Å². The summed E-state index contributed by atoms with van der Waals surface area (Å²) >= 11 is 6.13. The minimum atomic E-state index is -0.408. The first-order chi connectivity index (χ1) is 16.1. The van der Waals surface area contributed by atoms with Gasteiger partial charge in [0.1, 0.15) is 5.82 Å². The molecular formula is C25H19ClFN5O. The molecule has 164 valence electrons. The Morgan fingerprint density at radius 1 is 1.09 bits per heavy atom. The van der Waals surface area contributed by atoms with Gasteiger partial charge in [-0.3, -0.25) is 14.9 Å². The van der Waals surface area contributed by atoms with E-state index in [0.717, 1.165) is 22.5 Å². The Bertz CT molecular complexity index is 1440. The molecule has 3 N–H and O–H groups in total. The van der Waals surface area contributed by atoms with Crippen LogP contribution in [-0.2, 0) is 13.0 Å². The molecule has 0 spiro atoms. The standard InChI is InChI=1S/C25H19ClFN5O/c26-21-14-29-24-12-22(27)18(11-20(21)24)13-30-25(33)17-4-6-28-19(10-17)9-15-2-1-3-16(8-15)23-5-7-31-32-23/h1-8,10-12,14,29H,9,13H2,(H,30,33)(H,31,32). The summed E-state index contributed by atoms with van der Waals surface area (Å²) in [5.41, 5.74) is 5.22. The number of aromatic amines is 2. The van der Waals surface area contributed by atoms with Crippen molar-refractivity contribution in [1.82, 2.24) is 25.5 Å². The van der Waals surface area contributed by atoms with Crippen LogP contribution in [0.25, 0.3) is 22.2 Å². The Labute approximate surface area is 193 Å². The summed E-state index contributed by atoms with van der Waals surface area (Å²) in [5, 5.41) is 10.9. The average molecular weight is 460 g/mol. The van der Waals surface area contributed by atoms with Crippen molar-refractivity contribution in [1.29, 1.82) is 0 Å². The molecule has 0 aliphatic carbocycles. The van der Waals surface area contributed by atoms with Gasteiger partial charge in [0.25, 0.3) is 5.91 Å². The summed E-state index contributed by atoms with van der Waals surface area (Å²) in [4.78, 5) is 20.0. The zero-order chi connectivity index (χ0) is 22.8. The fourth-order valence-electron chi connectivity index (χ4n) is 3.76. The maximum absolute atomic E-state index is 14.4. The van der Waals surface area contributed by atoms with E-state index in [1.807, 2.05) is 24.3 Å². The number of carbonyl (C=O) groups excluding carboxylic acids is 1. The number of amides is 1. The van der Waals surface area contributed by atoms with Gasteiger partial charge in [0.15, 0.2) is 0 Å². The molecule has 1 amide bonds. The Kier molecular flexibility index (Phi) is 5.62. The maximum atomic E-state index is 14.4. The summed E-state index contributed by atoms with van der Waals surface area (Å²) in [6.45, 7) is 0.0476. The van der Waals surface area contributed by atoms with E-state index in [4.69, 9.17) is 11.6 Å². The van der Waals surface area contributed by atoms with E-state index in [0.29, 0.717) is 33.5 Å². The first kappa shape index (κ1) is 20.9. The van der Waals surface area contributed by atoms with Crippen LogP contribution in [0.1, 0.15) is 27.2 Å². The summed E-state index contributed by atoms with van der Waals surface area (Å²) in [6, 6.07) is 16.4. The van der Waals surface area contributed by atoms with Gasteiger partial charge in [0.2, 0.25) is 0 Å². The molecule has 2 aromatic carbocycles. The number of rotatable bonds is 6. The molecule has 6 nitrogen and oxygen atoms in total. The van der Waals surface area contributed by atoms with E-state index >= 15 is 0 Å². The molecule has 0 radical (unpaired) electrons. The molecule has 0 fully saturated rings. The number of fused-ring (bicyclic) bond motifs is 1. The number of nitrogens with one attached hydrogen (secondary N) is 3. The molecule has 0 saturated heterocycles. The Balaban J connectivity index is 1.29. The largest absolute Gasteiger partial charge is 0.360 e. The molecule has 3 aromatic heterocycles. The summed E-state index contributed by atoms with van der Waals surface area (Å²) in [7, 11) is 0. The number of aromatic nitrogens is 4. The molecule has 33 heavy (non-hydrogen) atoms. The van der Waals surface area contributed by atoms with Crippen LogP contribution in [-0.4, -0.2) is 26.1 Å². The molecule has 0 bridgehead atoms. The van der Waals surface area contributed by atoms with Crippen LogP contribution in [0.15, 0.2) is 73.2 Å². The van der Waals surface area contributed by atoms with Gasteiger partial charge in [0, 0.05) is 59.3 Å². The highest BCUT2D eigenvalue weighted by Gasteiger charge is 2.12. The predicted molar refractivity (Wildman–Crippen MR) is 126 cm³/mol. The van der Waals surface area contributed by atoms with Crippen molar-refractivity contribution in [2.45, 2.75) is 13.0 Å². The van der Waals surface area contributed by atoms with Gasteiger partial charge in [-0.25, -0.2) is 4.39 Å². The van der Waals surface area contributed by atoms with Gasteiger partial charge >= 0.3 is 0 Å². The van der Waals surface area contributed by atoms with E-state index in [9.17, 15) is 9.18 Å². The lowest BCUT2D eigenvalue weighted by atomic mass is 10.0. The number of nitrogens with zero attached hydrogens (tertiary/aromatic N) is 2. The van der Waals surface area contributed by atoms with Gasteiger partial charge in [-0.1, -0.05) is 29.8 Å². The lowest BCUT2D eigenvalue weighted by Gasteiger charge is -2.09. The van der Waals surface area contributed by atoms with E-state index < -0.39 is 5.82 Å². The second-order valence-electron chi connectivity index (χ2n) is 7.69. The zero-order valence-electron chi connectivity index (χ0n) is 17.4. The van der Waals surface area contributed by atoms with Crippen LogP contribution in [0.4, 0.5) is 4.39 Å². The van der Waals surface area contributed by atoms with Crippen molar-refractivity contribution in [3.63, 3.8) is 0 Å². The summed E-state index contributed by atoms with van der Waals surface area (Å²) in [6.07, 6.45) is 5.50. The van der Waals surface area contributed by atoms with Crippen LogP contribution in [0.2, 0.25) is 5.02 Å². The molecule has 0 aliphatic heterocycles. The van der Waals surface area contributed by atoms with Crippen LogP contribution in [0.3, 0.4) is 0 Å². The summed E-state index contributed by atoms with van der Waals surface area (Å²) < 4.78 is 14.4. The number of pyridine rings is 1. The third-order valence-electron chi connectivity index (χ3n) is 5.44. The SMILES string of the molecule is O=C(NCc1cc2c(Cl)c[nH]c2cc1F)c1ccnc(Cc2cccc(-c3ccn[nH]3)c2)c1. The lowest BCUT2D eigenvalue weighted by molar-refractivity contribution is 0.0950. The van der Waals surface area contributed by atoms with Crippen molar-refractivity contribution >= 4 is 28.4 Å². The highest BCUT2D eigenvalue weighted by atomic mass is 35.5. The lowest BCUT2D eigenvalue weighted by Crippen LogP contribution is -2.23. The minimum Gasteiger partial charge on any atom is -0.360 e. The Hall–Kier alpha value is -3.97. The van der Waals surface area contributed by atoms with Gasteiger partial charge < -0.3 is 10.3 Å². The van der Waals surface area contributed by atoms with Crippen molar-refractivity contribution in [3.05, 3.63) is 106 Å². The van der Waals surface area contributed by atoms with E-state index in [-0.39, 0.29) is 12.5 Å². The first-order valence-electron chi connectivity index (χ1n) is 10.3. The average Bonchev–Trinajstić information content (AvgIpc) is 3.48. The molecule has 0 atom stereocenters. The molecule has 0 saturated carbocycles. The fraction of sp³-hybridized carbons (Fsp3) is 0.0800. The van der Waals surface area contributed by atoms with Crippen LogP contribution in [0, 0.1) is 5.82 Å². The molecule has 0 aliphatic rings. The molecule has 5 aromatic rings. The second kappa shape index (κ2) is 8.88. The first-order valence-corrected chi connectivity index (χ1v) is 10.7. The molecule has 3 heterocycles. The van der Waals surface area contributed by atoms with E-state index in [2.05, 4.69) is 31.5 Å². The third-order valence-corrected chi connectivity index (χ3v) is 5.75. The number of hydrogen-bond donors (Lipinski definition) is 3. The quantitative estimate of drug-likeness (QED) is 0.323. The highest BCUT2D eigenvalue weighted by Crippen LogP contribution is 2.26. The van der Waals surface area contributed by atoms with Gasteiger partial charge in [-0.2, -0.15) is 5.10 Å². The highest BCUT2D eigenvalue weighted by molar-refractivity contribution is 6.35. The number of H-pyrrole nitrogens is 2. The number of hydrogen-bond acceptors (Lipinski definition) is 3. The topological polar surface area (TPSA) is 86.5 Å². The maximum Gasteiger partial charge on any atom is 0.251 e. The Morgan fingerprint density at radius 2 is 2.00 bits per heavy atom. The van der Waals surface area contributed by atoms with Crippen LogP contribution >= 0.6 is 11.6 Å². The van der Waals surface area contributed by atoms with Crippen molar-refractivity contribution < 1.29 is 9.18 Å². The van der Waals surface area contributed by atoms with Gasteiger partial charge in [-0.05, 0) is 47.5 Å². The van der Waals surface area contributed by atoms with E-state index in [1.54, 1.807) is 36.8 Å². The monoisotopic (exact) mass is 459 g/mol. The number of carbonyl (C=O) groups is 1. The number of benzene rings is 2. The molecular weight excluding hydrogens is 441 g/mol.